The van der Waals surface area contributed by atoms with E-state index in [1.54, 1.807) is 17.5 Å². The summed E-state index contributed by atoms with van der Waals surface area (Å²) in [5, 5.41) is 4.76. The lowest BCUT2D eigenvalue weighted by molar-refractivity contribution is -0.917. The number of hydrogen-bond donors (Lipinski definition) is 2. The average molecular weight is 361 g/mol. The van der Waals surface area contributed by atoms with Gasteiger partial charge in [0.2, 0.25) is 0 Å². The Kier molecular flexibility index (Phi) is 5.50. The van der Waals surface area contributed by atoms with Gasteiger partial charge in [-0.3, -0.25) is 4.79 Å². The van der Waals surface area contributed by atoms with Crippen molar-refractivity contribution in [3.63, 3.8) is 0 Å². The summed E-state index contributed by atoms with van der Waals surface area (Å²) in [7, 11) is -3.38. The van der Waals surface area contributed by atoms with Gasteiger partial charge < -0.3 is 10.2 Å². The van der Waals surface area contributed by atoms with Gasteiger partial charge in [-0.1, -0.05) is 6.07 Å². The van der Waals surface area contributed by atoms with Gasteiger partial charge in [0.1, 0.15) is 4.21 Å². The molecular formula is C15H26N3O3S2+. The zero-order valence-corrected chi connectivity index (χ0v) is 15.8. The molecule has 2 heterocycles. The SMILES string of the molecule is C[C@@H](C(=O)NC(C)(C)C)[NH+]1CCN(S(=O)(=O)c2cccs2)CC1. The van der Waals surface area contributed by atoms with Crippen molar-refractivity contribution in [3.05, 3.63) is 17.5 Å². The van der Waals surface area contributed by atoms with Crippen molar-refractivity contribution in [2.45, 2.75) is 43.5 Å². The van der Waals surface area contributed by atoms with Gasteiger partial charge in [0, 0.05) is 5.54 Å². The summed E-state index contributed by atoms with van der Waals surface area (Å²) >= 11 is 1.24. The Balaban J connectivity index is 1.95. The lowest BCUT2D eigenvalue weighted by atomic mass is 10.1. The first kappa shape index (κ1) is 18.4. The third-order valence-corrected chi connectivity index (χ3v) is 7.23. The molecular weight excluding hydrogens is 334 g/mol. The maximum Gasteiger partial charge on any atom is 0.278 e. The highest BCUT2D eigenvalue weighted by Crippen LogP contribution is 2.20. The van der Waals surface area contributed by atoms with Crippen LogP contribution in [0.4, 0.5) is 0 Å². The number of rotatable bonds is 4. The van der Waals surface area contributed by atoms with E-state index in [-0.39, 0.29) is 17.5 Å². The fraction of sp³-hybridized carbons (Fsp3) is 0.667. The highest BCUT2D eigenvalue weighted by Gasteiger charge is 2.35. The fourth-order valence-electron chi connectivity index (χ4n) is 2.65. The highest BCUT2D eigenvalue weighted by atomic mass is 32.2. The molecule has 130 valence electrons. The largest absolute Gasteiger partial charge is 0.346 e. The van der Waals surface area contributed by atoms with Crippen LogP contribution in [0.3, 0.4) is 0 Å². The molecule has 1 amide bonds. The molecule has 1 aliphatic heterocycles. The minimum Gasteiger partial charge on any atom is -0.346 e. The van der Waals surface area contributed by atoms with E-state index in [4.69, 9.17) is 0 Å². The van der Waals surface area contributed by atoms with E-state index in [0.717, 1.165) is 4.90 Å². The Hall–Kier alpha value is -0.960. The van der Waals surface area contributed by atoms with Crippen molar-refractivity contribution >= 4 is 27.3 Å². The molecule has 2 N–H and O–H groups in total. The number of thiophene rings is 1. The molecule has 8 heteroatoms. The molecule has 1 fully saturated rings. The van der Waals surface area contributed by atoms with E-state index >= 15 is 0 Å². The Bertz CT molecular complexity index is 627. The lowest BCUT2D eigenvalue weighted by Gasteiger charge is -2.35. The minimum absolute atomic E-state index is 0.0158. The summed E-state index contributed by atoms with van der Waals surface area (Å²) in [5.74, 6) is 0.0158. The van der Waals surface area contributed by atoms with Crippen molar-refractivity contribution in [1.29, 1.82) is 0 Å². The molecule has 1 aromatic rings. The van der Waals surface area contributed by atoms with Crippen molar-refractivity contribution < 1.29 is 18.1 Å². The van der Waals surface area contributed by atoms with Gasteiger partial charge in [-0.2, -0.15) is 4.31 Å². The average Bonchev–Trinajstić information content (AvgIpc) is 2.99. The van der Waals surface area contributed by atoms with E-state index in [1.807, 2.05) is 27.7 Å². The maximum atomic E-state index is 12.5. The first-order valence-corrected chi connectivity index (χ1v) is 10.1. The Morgan fingerprint density at radius 3 is 2.43 bits per heavy atom. The van der Waals surface area contributed by atoms with Gasteiger partial charge in [0.15, 0.2) is 6.04 Å². The van der Waals surface area contributed by atoms with Gasteiger partial charge in [0.05, 0.1) is 26.2 Å². The van der Waals surface area contributed by atoms with E-state index in [2.05, 4.69) is 5.32 Å². The summed E-state index contributed by atoms with van der Waals surface area (Å²) in [6.45, 7) is 9.95. The summed E-state index contributed by atoms with van der Waals surface area (Å²) < 4.78 is 26.9. The van der Waals surface area contributed by atoms with Gasteiger partial charge in [-0.05, 0) is 39.1 Å². The number of quaternary nitrogens is 1. The number of carbonyl (C=O) groups excluding carboxylic acids is 1. The number of carbonyl (C=O) groups is 1. The molecule has 6 nitrogen and oxygen atoms in total. The number of sulfonamides is 1. The predicted molar refractivity (Wildman–Crippen MR) is 91.1 cm³/mol. The third-order valence-electron chi connectivity index (χ3n) is 3.96. The second kappa shape index (κ2) is 6.88. The van der Waals surface area contributed by atoms with Crippen LogP contribution in [0.2, 0.25) is 0 Å². The zero-order chi connectivity index (χ0) is 17.3. The van der Waals surface area contributed by atoms with Gasteiger partial charge in [0.25, 0.3) is 15.9 Å². The second-order valence-electron chi connectivity index (χ2n) is 6.96. The molecule has 0 aromatic carbocycles. The molecule has 1 atom stereocenters. The van der Waals surface area contributed by atoms with Crippen LogP contribution in [-0.2, 0) is 14.8 Å². The second-order valence-corrected chi connectivity index (χ2v) is 10.1. The van der Waals surface area contributed by atoms with Crippen LogP contribution in [0.25, 0.3) is 0 Å². The first-order valence-electron chi connectivity index (χ1n) is 7.81. The number of nitrogens with one attached hydrogen (secondary N) is 2. The first-order chi connectivity index (χ1) is 10.6. The Labute approximate surface area is 142 Å². The van der Waals surface area contributed by atoms with Crippen LogP contribution in [0.15, 0.2) is 21.7 Å². The van der Waals surface area contributed by atoms with Crippen molar-refractivity contribution in [2.24, 2.45) is 0 Å². The van der Waals surface area contributed by atoms with Gasteiger partial charge in [-0.25, -0.2) is 8.42 Å². The van der Waals surface area contributed by atoms with Crippen LogP contribution in [0.5, 0.6) is 0 Å². The standard InChI is InChI=1S/C15H25N3O3S2/c1-12(14(19)16-15(2,3)4)17-7-9-18(10-8-17)23(20,21)13-6-5-11-22-13/h5-6,11-12H,7-10H2,1-4H3,(H,16,19)/p+1/t12-/m0/s1. The van der Waals surface area contributed by atoms with Crippen molar-refractivity contribution in [3.8, 4) is 0 Å². The molecule has 1 aliphatic rings. The van der Waals surface area contributed by atoms with E-state index in [1.165, 1.54) is 15.6 Å². The molecule has 1 aromatic heterocycles. The molecule has 0 radical (unpaired) electrons. The van der Waals surface area contributed by atoms with Crippen LogP contribution in [-0.4, -0.2) is 56.4 Å². The quantitative estimate of drug-likeness (QED) is 0.790. The molecule has 2 rings (SSSR count). The molecule has 0 spiro atoms. The van der Waals surface area contributed by atoms with Gasteiger partial charge >= 0.3 is 0 Å². The molecule has 0 aliphatic carbocycles. The highest BCUT2D eigenvalue weighted by molar-refractivity contribution is 7.91. The Morgan fingerprint density at radius 1 is 1.35 bits per heavy atom. The normalized spacial score (nSPS) is 19.5. The smallest absolute Gasteiger partial charge is 0.278 e. The predicted octanol–water partition coefficient (Wildman–Crippen LogP) is -0.0595. The number of amides is 1. The lowest BCUT2D eigenvalue weighted by Crippen LogP contribution is -3.19. The Morgan fingerprint density at radius 2 is 1.96 bits per heavy atom. The van der Waals surface area contributed by atoms with Crippen molar-refractivity contribution in [1.82, 2.24) is 9.62 Å². The summed E-state index contributed by atoms with van der Waals surface area (Å²) in [6, 6.07) is 3.21. The fourth-order valence-corrected chi connectivity index (χ4v) is 5.23. The third kappa shape index (κ3) is 4.53. The number of nitrogens with zero attached hydrogens (tertiary/aromatic N) is 1. The molecule has 0 saturated carbocycles. The monoisotopic (exact) mass is 360 g/mol. The molecule has 0 bridgehead atoms. The van der Waals surface area contributed by atoms with Crippen LogP contribution in [0.1, 0.15) is 27.7 Å². The topological polar surface area (TPSA) is 70.9 Å². The molecule has 1 saturated heterocycles. The van der Waals surface area contributed by atoms with Crippen LogP contribution >= 0.6 is 11.3 Å². The number of piperazine rings is 1. The van der Waals surface area contributed by atoms with Crippen LogP contribution in [0, 0.1) is 0 Å². The summed E-state index contributed by atoms with van der Waals surface area (Å²) in [4.78, 5) is 13.4. The van der Waals surface area contributed by atoms with E-state index in [9.17, 15) is 13.2 Å². The zero-order valence-electron chi connectivity index (χ0n) is 14.1. The van der Waals surface area contributed by atoms with Gasteiger partial charge in [-0.15, -0.1) is 11.3 Å². The number of hydrogen-bond acceptors (Lipinski definition) is 4. The minimum atomic E-state index is -3.38. The molecule has 0 unspecified atom stereocenters. The maximum absolute atomic E-state index is 12.5. The summed E-state index contributed by atoms with van der Waals surface area (Å²) in [5.41, 5.74) is -0.255. The van der Waals surface area contributed by atoms with Crippen LogP contribution < -0.4 is 10.2 Å². The molecule has 23 heavy (non-hydrogen) atoms. The van der Waals surface area contributed by atoms with E-state index < -0.39 is 10.0 Å². The van der Waals surface area contributed by atoms with E-state index in [0.29, 0.717) is 30.4 Å². The summed E-state index contributed by atoms with van der Waals surface area (Å²) in [6.07, 6.45) is 0. The van der Waals surface area contributed by atoms with Crippen molar-refractivity contribution in [2.75, 3.05) is 26.2 Å².